The molecule has 3 aromatic carbocycles. The van der Waals surface area contributed by atoms with E-state index in [9.17, 15) is 4.79 Å². The van der Waals surface area contributed by atoms with Gasteiger partial charge < -0.3 is 14.6 Å². The molecule has 5 nitrogen and oxygen atoms in total. The van der Waals surface area contributed by atoms with Gasteiger partial charge in [-0.3, -0.25) is 4.79 Å². The SMILES string of the molecule is Cc1ccccc1OCCn1c(CCCNC(=O)CCc2ccccc2)nc2ccccc21. The molecule has 0 saturated heterocycles. The minimum absolute atomic E-state index is 0.0963. The van der Waals surface area contributed by atoms with Crippen LogP contribution in [0.4, 0.5) is 0 Å². The summed E-state index contributed by atoms with van der Waals surface area (Å²) >= 11 is 0. The highest BCUT2D eigenvalue weighted by atomic mass is 16.5. The van der Waals surface area contributed by atoms with Crippen LogP contribution in [0.5, 0.6) is 5.75 Å². The maximum atomic E-state index is 12.2. The van der Waals surface area contributed by atoms with Crippen LogP contribution in [0, 0.1) is 6.92 Å². The summed E-state index contributed by atoms with van der Waals surface area (Å²) < 4.78 is 8.27. The highest BCUT2D eigenvalue weighted by molar-refractivity contribution is 5.76. The van der Waals surface area contributed by atoms with E-state index in [1.54, 1.807) is 0 Å². The van der Waals surface area contributed by atoms with Crippen LogP contribution in [0.1, 0.15) is 29.8 Å². The summed E-state index contributed by atoms with van der Waals surface area (Å²) in [7, 11) is 0. The molecule has 0 aliphatic carbocycles. The Labute approximate surface area is 195 Å². The number of fused-ring (bicyclic) bond motifs is 1. The third-order valence-electron chi connectivity index (χ3n) is 5.78. The summed E-state index contributed by atoms with van der Waals surface area (Å²) in [4.78, 5) is 17.0. The predicted octanol–water partition coefficient (Wildman–Crippen LogP) is 5.11. The first-order valence-corrected chi connectivity index (χ1v) is 11.6. The van der Waals surface area contributed by atoms with Crippen LogP contribution in [-0.4, -0.2) is 28.6 Å². The minimum atomic E-state index is 0.0963. The van der Waals surface area contributed by atoms with Gasteiger partial charge in [0.05, 0.1) is 17.6 Å². The number of benzene rings is 3. The fourth-order valence-electron chi connectivity index (χ4n) is 4.00. The van der Waals surface area contributed by atoms with Gasteiger partial charge in [-0.1, -0.05) is 60.7 Å². The molecule has 5 heteroatoms. The average Bonchev–Trinajstić information content (AvgIpc) is 3.20. The number of hydrogen-bond donors (Lipinski definition) is 1. The van der Waals surface area contributed by atoms with E-state index in [4.69, 9.17) is 9.72 Å². The molecule has 0 fully saturated rings. The fourth-order valence-corrected chi connectivity index (χ4v) is 4.00. The largest absolute Gasteiger partial charge is 0.491 e. The predicted molar refractivity (Wildman–Crippen MR) is 133 cm³/mol. The van der Waals surface area contributed by atoms with Gasteiger partial charge in [-0.25, -0.2) is 4.98 Å². The number of para-hydroxylation sites is 3. The highest BCUT2D eigenvalue weighted by Crippen LogP contribution is 2.19. The van der Waals surface area contributed by atoms with Crippen LogP contribution >= 0.6 is 0 Å². The molecule has 0 bridgehead atoms. The number of carbonyl (C=O) groups is 1. The lowest BCUT2D eigenvalue weighted by Crippen LogP contribution is -2.25. The molecular formula is C28H31N3O2. The van der Waals surface area contributed by atoms with Crippen LogP contribution in [-0.2, 0) is 24.2 Å². The minimum Gasteiger partial charge on any atom is -0.491 e. The van der Waals surface area contributed by atoms with E-state index in [2.05, 4.69) is 41.1 Å². The van der Waals surface area contributed by atoms with Gasteiger partial charge in [-0.05, 0) is 49.1 Å². The van der Waals surface area contributed by atoms with Crippen LogP contribution < -0.4 is 10.1 Å². The first kappa shape index (κ1) is 22.6. The number of aryl methyl sites for hydroxylation is 3. The van der Waals surface area contributed by atoms with Gasteiger partial charge in [0.25, 0.3) is 0 Å². The van der Waals surface area contributed by atoms with Crippen molar-refractivity contribution in [3.8, 4) is 5.75 Å². The van der Waals surface area contributed by atoms with E-state index in [-0.39, 0.29) is 5.91 Å². The maximum Gasteiger partial charge on any atom is 0.220 e. The van der Waals surface area contributed by atoms with Crippen molar-refractivity contribution in [2.75, 3.05) is 13.2 Å². The van der Waals surface area contributed by atoms with Crippen molar-refractivity contribution < 1.29 is 9.53 Å². The zero-order valence-electron chi connectivity index (χ0n) is 19.2. The van der Waals surface area contributed by atoms with Gasteiger partial charge in [0.2, 0.25) is 5.91 Å². The monoisotopic (exact) mass is 441 g/mol. The number of ether oxygens (including phenoxy) is 1. The lowest BCUT2D eigenvalue weighted by atomic mass is 10.1. The van der Waals surface area contributed by atoms with Crippen molar-refractivity contribution in [1.29, 1.82) is 0 Å². The molecule has 0 spiro atoms. The number of nitrogens with one attached hydrogen (secondary N) is 1. The maximum absolute atomic E-state index is 12.2. The lowest BCUT2D eigenvalue weighted by molar-refractivity contribution is -0.121. The number of nitrogens with zero attached hydrogens (tertiary/aromatic N) is 2. The van der Waals surface area contributed by atoms with Gasteiger partial charge in [-0.15, -0.1) is 0 Å². The van der Waals surface area contributed by atoms with Gasteiger partial charge in [0.15, 0.2) is 0 Å². The molecule has 0 unspecified atom stereocenters. The number of amides is 1. The molecule has 0 radical (unpaired) electrons. The summed E-state index contributed by atoms with van der Waals surface area (Å²) in [6, 6.07) is 26.4. The summed E-state index contributed by atoms with van der Waals surface area (Å²) in [5.74, 6) is 2.05. The van der Waals surface area contributed by atoms with Gasteiger partial charge in [-0.2, -0.15) is 0 Å². The molecule has 1 N–H and O–H groups in total. The summed E-state index contributed by atoms with van der Waals surface area (Å²) in [6.45, 7) is 4.01. The number of rotatable bonds is 11. The Morgan fingerprint density at radius 2 is 1.70 bits per heavy atom. The van der Waals surface area contributed by atoms with Crippen LogP contribution in [0.2, 0.25) is 0 Å². The van der Waals surface area contributed by atoms with E-state index in [1.165, 1.54) is 5.56 Å². The number of carbonyl (C=O) groups excluding carboxylic acids is 1. The Kier molecular flexibility index (Phi) is 7.75. The quantitative estimate of drug-likeness (QED) is 0.329. The van der Waals surface area contributed by atoms with Gasteiger partial charge in [0.1, 0.15) is 18.2 Å². The van der Waals surface area contributed by atoms with Gasteiger partial charge in [0, 0.05) is 19.4 Å². The van der Waals surface area contributed by atoms with Crippen molar-refractivity contribution in [1.82, 2.24) is 14.9 Å². The molecule has 0 aliphatic heterocycles. The third kappa shape index (κ3) is 6.22. The summed E-state index contributed by atoms with van der Waals surface area (Å²) in [5.41, 5.74) is 4.44. The first-order valence-electron chi connectivity index (χ1n) is 11.6. The van der Waals surface area contributed by atoms with E-state index >= 15 is 0 Å². The Bertz CT molecular complexity index is 1180. The second-order valence-electron chi connectivity index (χ2n) is 8.22. The van der Waals surface area contributed by atoms with Crippen LogP contribution in [0.3, 0.4) is 0 Å². The number of hydrogen-bond acceptors (Lipinski definition) is 3. The molecular weight excluding hydrogens is 410 g/mol. The topological polar surface area (TPSA) is 56.1 Å². The van der Waals surface area contributed by atoms with Crippen molar-refractivity contribution in [3.05, 3.63) is 95.8 Å². The Balaban J connectivity index is 1.29. The third-order valence-corrected chi connectivity index (χ3v) is 5.78. The van der Waals surface area contributed by atoms with E-state index < -0.39 is 0 Å². The Hall–Kier alpha value is -3.60. The molecule has 33 heavy (non-hydrogen) atoms. The first-order chi connectivity index (χ1) is 16.2. The normalized spacial score (nSPS) is 10.9. The zero-order valence-corrected chi connectivity index (χ0v) is 19.2. The fraction of sp³-hybridized carbons (Fsp3) is 0.286. The van der Waals surface area contributed by atoms with E-state index in [1.807, 2.05) is 54.6 Å². The molecule has 4 aromatic rings. The molecule has 0 saturated carbocycles. The molecule has 0 aliphatic rings. The van der Waals surface area contributed by atoms with Crippen molar-refractivity contribution in [3.63, 3.8) is 0 Å². The molecule has 1 aromatic heterocycles. The second-order valence-corrected chi connectivity index (χ2v) is 8.22. The lowest BCUT2D eigenvalue weighted by Gasteiger charge is -2.12. The van der Waals surface area contributed by atoms with Crippen molar-refractivity contribution >= 4 is 16.9 Å². The Morgan fingerprint density at radius 1 is 0.939 bits per heavy atom. The highest BCUT2D eigenvalue weighted by Gasteiger charge is 2.11. The van der Waals surface area contributed by atoms with Crippen molar-refractivity contribution in [2.24, 2.45) is 0 Å². The summed E-state index contributed by atoms with van der Waals surface area (Å²) in [5, 5.41) is 3.05. The smallest absolute Gasteiger partial charge is 0.220 e. The molecule has 0 atom stereocenters. The Morgan fingerprint density at radius 3 is 2.55 bits per heavy atom. The number of imidazole rings is 1. The van der Waals surface area contributed by atoms with E-state index in [0.29, 0.717) is 19.6 Å². The number of aromatic nitrogens is 2. The molecule has 1 heterocycles. The molecule has 4 rings (SSSR count). The molecule has 1 amide bonds. The second kappa shape index (κ2) is 11.3. The van der Waals surface area contributed by atoms with Crippen LogP contribution in [0.25, 0.3) is 11.0 Å². The van der Waals surface area contributed by atoms with Crippen LogP contribution in [0.15, 0.2) is 78.9 Å². The van der Waals surface area contributed by atoms with E-state index in [0.717, 1.165) is 54.0 Å². The zero-order chi connectivity index (χ0) is 22.9. The molecule has 170 valence electrons. The van der Waals surface area contributed by atoms with Crippen molar-refractivity contribution in [2.45, 2.75) is 39.2 Å². The average molecular weight is 442 g/mol. The standard InChI is InChI=1S/C28H31N3O2/c1-22-10-5-8-15-26(22)33-21-20-31-25-14-7-6-13-24(25)30-27(31)16-9-19-29-28(32)18-17-23-11-3-2-4-12-23/h2-8,10-15H,9,16-21H2,1H3,(H,29,32). The van der Waals surface area contributed by atoms with Gasteiger partial charge >= 0.3 is 0 Å². The summed E-state index contributed by atoms with van der Waals surface area (Å²) in [6.07, 6.45) is 2.93.